The summed E-state index contributed by atoms with van der Waals surface area (Å²) in [5.74, 6) is 2.17. The summed E-state index contributed by atoms with van der Waals surface area (Å²) >= 11 is 0. The lowest BCUT2D eigenvalue weighted by atomic mass is 9.82. The molecule has 3 nitrogen and oxygen atoms in total. The fraction of sp³-hybridized carbons (Fsp3) is 0.778. The Morgan fingerprint density at radius 3 is 2.67 bits per heavy atom. The molecule has 2 rings (SSSR count). The van der Waals surface area contributed by atoms with Crippen LogP contribution in [0.2, 0.25) is 0 Å². The number of aryl methyl sites for hydroxylation is 1. The maximum atomic E-state index is 5.89. The fourth-order valence-electron chi connectivity index (χ4n) is 3.45. The van der Waals surface area contributed by atoms with Crippen LogP contribution >= 0.6 is 0 Å². The molecule has 0 bridgehead atoms. The first-order valence-corrected chi connectivity index (χ1v) is 8.63. The van der Waals surface area contributed by atoms with Crippen LogP contribution in [0.3, 0.4) is 0 Å². The van der Waals surface area contributed by atoms with Crippen LogP contribution in [-0.4, -0.2) is 24.5 Å². The van der Waals surface area contributed by atoms with Gasteiger partial charge in [-0.15, -0.1) is 0 Å². The van der Waals surface area contributed by atoms with Crippen molar-refractivity contribution >= 4 is 0 Å². The predicted octanol–water partition coefficient (Wildman–Crippen LogP) is 4.10. The molecule has 0 amide bonds. The molecule has 0 spiro atoms. The molecule has 21 heavy (non-hydrogen) atoms. The Balaban J connectivity index is 1.91. The second-order valence-electron chi connectivity index (χ2n) is 6.64. The van der Waals surface area contributed by atoms with Crippen molar-refractivity contribution in [1.29, 1.82) is 0 Å². The number of nitrogens with zero attached hydrogens (tertiary/aromatic N) is 1. The van der Waals surface area contributed by atoms with E-state index in [2.05, 4.69) is 44.0 Å². The van der Waals surface area contributed by atoms with Gasteiger partial charge in [-0.05, 0) is 57.2 Å². The summed E-state index contributed by atoms with van der Waals surface area (Å²) in [6, 6.07) is 2.25. The van der Waals surface area contributed by atoms with Crippen LogP contribution < -0.4 is 5.32 Å². The lowest BCUT2D eigenvalue weighted by molar-refractivity contribution is 0.235. The van der Waals surface area contributed by atoms with Crippen molar-refractivity contribution in [2.45, 2.75) is 66.5 Å². The number of hydrogen-bond acceptors (Lipinski definition) is 3. The van der Waals surface area contributed by atoms with Crippen molar-refractivity contribution in [2.24, 2.45) is 5.41 Å². The molecule has 0 atom stereocenters. The fourth-order valence-corrected chi connectivity index (χ4v) is 3.45. The zero-order valence-electron chi connectivity index (χ0n) is 14.3. The molecule has 3 heteroatoms. The van der Waals surface area contributed by atoms with Crippen molar-refractivity contribution in [3.8, 4) is 0 Å². The molecule has 1 aliphatic rings. The molecule has 1 aliphatic heterocycles. The third kappa shape index (κ3) is 4.10. The van der Waals surface area contributed by atoms with E-state index in [4.69, 9.17) is 4.42 Å². The van der Waals surface area contributed by atoms with Gasteiger partial charge in [0.2, 0.25) is 0 Å². The highest BCUT2D eigenvalue weighted by Gasteiger charge is 2.34. The summed E-state index contributed by atoms with van der Waals surface area (Å²) in [4.78, 5) is 2.61. The quantitative estimate of drug-likeness (QED) is 0.731. The number of hydrogen-bond donors (Lipinski definition) is 1. The van der Waals surface area contributed by atoms with Gasteiger partial charge in [0.1, 0.15) is 11.5 Å². The lowest BCUT2D eigenvalue weighted by Crippen LogP contribution is -2.26. The van der Waals surface area contributed by atoms with E-state index in [-0.39, 0.29) is 0 Å². The first kappa shape index (κ1) is 16.6. The van der Waals surface area contributed by atoms with Crippen LogP contribution in [0, 0.1) is 12.3 Å². The molecule has 120 valence electrons. The van der Waals surface area contributed by atoms with E-state index in [0.29, 0.717) is 5.41 Å². The average Bonchev–Trinajstić information content (AvgIpc) is 3.05. The molecule has 0 aliphatic carbocycles. The first-order valence-electron chi connectivity index (χ1n) is 8.63. The van der Waals surface area contributed by atoms with E-state index in [1.165, 1.54) is 37.9 Å². The molecule has 2 heterocycles. The smallest absolute Gasteiger partial charge is 0.118 e. The van der Waals surface area contributed by atoms with Crippen molar-refractivity contribution in [3.05, 3.63) is 23.2 Å². The van der Waals surface area contributed by atoms with Crippen LogP contribution in [0.4, 0.5) is 0 Å². The molecule has 1 N–H and O–H groups in total. The summed E-state index contributed by atoms with van der Waals surface area (Å²) in [7, 11) is 0. The average molecular weight is 292 g/mol. The third-order valence-electron chi connectivity index (χ3n) is 5.21. The van der Waals surface area contributed by atoms with Gasteiger partial charge < -0.3 is 9.73 Å². The first-order chi connectivity index (χ1) is 10.1. The largest absolute Gasteiger partial charge is 0.465 e. The highest BCUT2D eigenvalue weighted by molar-refractivity contribution is 5.21. The summed E-state index contributed by atoms with van der Waals surface area (Å²) in [6.07, 6.45) is 5.12. The van der Waals surface area contributed by atoms with Gasteiger partial charge in [0, 0.05) is 18.7 Å². The van der Waals surface area contributed by atoms with Crippen molar-refractivity contribution in [2.75, 3.05) is 19.6 Å². The highest BCUT2D eigenvalue weighted by atomic mass is 16.3. The molecule has 0 unspecified atom stereocenters. The number of rotatable bonds is 8. The van der Waals surface area contributed by atoms with Gasteiger partial charge >= 0.3 is 0 Å². The van der Waals surface area contributed by atoms with Gasteiger partial charge in [-0.2, -0.15) is 0 Å². The van der Waals surface area contributed by atoms with Gasteiger partial charge in [0.25, 0.3) is 0 Å². The maximum absolute atomic E-state index is 5.89. The van der Waals surface area contributed by atoms with Gasteiger partial charge in [0.05, 0.1) is 6.54 Å². The minimum absolute atomic E-state index is 0.559. The Morgan fingerprint density at radius 1 is 1.29 bits per heavy atom. The van der Waals surface area contributed by atoms with Crippen molar-refractivity contribution < 1.29 is 4.42 Å². The van der Waals surface area contributed by atoms with Crippen molar-refractivity contribution in [1.82, 2.24) is 10.2 Å². The van der Waals surface area contributed by atoms with Crippen LogP contribution in [-0.2, 0) is 13.1 Å². The predicted molar refractivity (Wildman–Crippen MR) is 88.4 cm³/mol. The third-order valence-corrected chi connectivity index (χ3v) is 5.21. The second kappa shape index (κ2) is 7.46. The minimum Gasteiger partial charge on any atom is -0.465 e. The maximum Gasteiger partial charge on any atom is 0.118 e. The van der Waals surface area contributed by atoms with E-state index >= 15 is 0 Å². The topological polar surface area (TPSA) is 28.4 Å². The van der Waals surface area contributed by atoms with Crippen molar-refractivity contribution in [3.63, 3.8) is 0 Å². The molecular formula is C18H32N2O. The van der Waals surface area contributed by atoms with E-state index in [0.717, 1.165) is 37.6 Å². The molecule has 1 aromatic rings. The number of likely N-dealkylation sites (tertiary alicyclic amines) is 1. The van der Waals surface area contributed by atoms with Crippen LogP contribution in [0.5, 0.6) is 0 Å². The SMILES string of the molecule is CCCNCc1cc(CN2CCC(CC)(CC)C2)c(C)o1. The Labute approximate surface area is 130 Å². The van der Waals surface area contributed by atoms with Gasteiger partial charge in [-0.3, -0.25) is 4.90 Å². The number of nitrogens with one attached hydrogen (secondary N) is 1. The monoisotopic (exact) mass is 292 g/mol. The Bertz CT molecular complexity index is 434. The molecule has 1 aromatic heterocycles. The minimum atomic E-state index is 0.559. The zero-order chi connectivity index (χ0) is 15.3. The molecule has 0 aromatic carbocycles. The Hall–Kier alpha value is -0.800. The van der Waals surface area contributed by atoms with Crippen LogP contribution in [0.1, 0.15) is 63.5 Å². The van der Waals surface area contributed by atoms with Crippen LogP contribution in [0.15, 0.2) is 10.5 Å². The summed E-state index contributed by atoms with van der Waals surface area (Å²) in [5.41, 5.74) is 1.93. The Kier molecular flexibility index (Phi) is 5.88. The van der Waals surface area contributed by atoms with E-state index in [1.54, 1.807) is 0 Å². The Morgan fingerprint density at radius 2 is 2.05 bits per heavy atom. The van der Waals surface area contributed by atoms with E-state index < -0.39 is 0 Å². The summed E-state index contributed by atoms with van der Waals surface area (Å²) < 4.78 is 5.89. The van der Waals surface area contributed by atoms with E-state index in [9.17, 15) is 0 Å². The molecule has 0 saturated carbocycles. The zero-order valence-corrected chi connectivity index (χ0v) is 14.3. The molecule has 0 radical (unpaired) electrons. The van der Waals surface area contributed by atoms with Gasteiger partial charge in [0.15, 0.2) is 0 Å². The van der Waals surface area contributed by atoms with Gasteiger partial charge in [-0.1, -0.05) is 20.8 Å². The normalized spacial score (nSPS) is 18.5. The van der Waals surface area contributed by atoms with E-state index in [1.807, 2.05) is 0 Å². The summed E-state index contributed by atoms with van der Waals surface area (Å²) in [5, 5.41) is 3.41. The summed E-state index contributed by atoms with van der Waals surface area (Å²) in [6.45, 7) is 14.4. The lowest BCUT2D eigenvalue weighted by Gasteiger charge is -2.26. The molecular weight excluding hydrogens is 260 g/mol. The molecule has 1 fully saturated rings. The molecule has 1 saturated heterocycles. The van der Waals surface area contributed by atoms with Crippen LogP contribution in [0.25, 0.3) is 0 Å². The van der Waals surface area contributed by atoms with Gasteiger partial charge in [-0.25, -0.2) is 0 Å². The highest BCUT2D eigenvalue weighted by Crippen LogP contribution is 2.37. The second-order valence-corrected chi connectivity index (χ2v) is 6.64. The number of furan rings is 1. The standard InChI is InChI=1S/C18H32N2O/c1-5-9-19-12-17-11-16(15(4)21-17)13-20-10-8-18(6-2,7-3)14-20/h11,19H,5-10,12-14H2,1-4H3.